The minimum absolute atomic E-state index is 0.0620. The molecule has 1 aliphatic rings. The molecule has 0 radical (unpaired) electrons. The van der Waals surface area contributed by atoms with Gasteiger partial charge in [-0.1, -0.05) is 18.2 Å². The van der Waals surface area contributed by atoms with Crippen molar-refractivity contribution in [1.29, 1.82) is 0 Å². The van der Waals surface area contributed by atoms with Crippen LogP contribution in [0.15, 0.2) is 35.2 Å². The van der Waals surface area contributed by atoms with Crippen molar-refractivity contribution in [1.82, 2.24) is 0 Å². The molecule has 4 heteroatoms. The van der Waals surface area contributed by atoms with Gasteiger partial charge in [0.1, 0.15) is 6.17 Å². The van der Waals surface area contributed by atoms with E-state index in [4.69, 9.17) is 4.18 Å². The number of rotatable bonds is 3. The van der Waals surface area contributed by atoms with Crippen molar-refractivity contribution in [2.75, 3.05) is 0 Å². The molecule has 1 unspecified atom stereocenters. The van der Waals surface area contributed by atoms with Gasteiger partial charge in [0.15, 0.2) is 11.1 Å². The standard InChI is InChI=1S/C12H15FO2S/c13-10-6-8-11(9-7-10)15-16(14)12-4-2-1-3-5-12/h1-5,10-11H,6-9H2. The molecule has 2 rings (SSSR count). The van der Waals surface area contributed by atoms with Gasteiger partial charge in [-0.25, -0.2) is 8.60 Å². The fourth-order valence-electron chi connectivity index (χ4n) is 1.83. The fraction of sp³-hybridized carbons (Fsp3) is 0.500. The van der Waals surface area contributed by atoms with Crippen molar-refractivity contribution in [3.8, 4) is 0 Å². The Kier molecular flexibility index (Phi) is 4.07. The highest BCUT2D eigenvalue weighted by Gasteiger charge is 2.23. The predicted molar refractivity (Wildman–Crippen MR) is 61.1 cm³/mol. The maximum absolute atomic E-state index is 12.9. The minimum Gasteiger partial charge on any atom is -0.283 e. The van der Waals surface area contributed by atoms with Gasteiger partial charge in [0.05, 0.1) is 11.0 Å². The molecule has 1 saturated carbocycles. The lowest BCUT2D eigenvalue weighted by Gasteiger charge is -2.23. The normalized spacial score (nSPS) is 27.6. The van der Waals surface area contributed by atoms with Gasteiger partial charge in [0.2, 0.25) is 0 Å². The van der Waals surface area contributed by atoms with Crippen LogP contribution in [0.25, 0.3) is 0 Å². The molecule has 2 nitrogen and oxygen atoms in total. The van der Waals surface area contributed by atoms with Crippen LogP contribution in [0.3, 0.4) is 0 Å². The summed E-state index contributed by atoms with van der Waals surface area (Å²) >= 11 is -1.41. The van der Waals surface area contributed by atoms with Crippen molar-refractivity contribution in [3.63, 3.8) is 0 Å². The lowest BCUT2D eigenvalue weighted by Crippen LogP contribution is -2.23. The van der Waals surface area contributed by atoms with E-state index in [1.54, 1.807) is 12.1 Å². The molecule has 0 N–H and O–H groups in total. The first-order valence-electron chi connectivity index (χ1n) is 5.54. The van der Waals surface area contributed by atoms with Gasteiger partial charge in [-0.3, -0.25) is 4.18 Å². The Morgan fingerprint density at radius 2 is 1.75 bits per heavy atom. The first kappa shape index (κ1) is 11.7. The van der Waals surface area contributed by atoms with E-state index in [2.05, 4.69) is 0 Å². The second-order valence-electron chi connectivity index (χ2n) is 4.02. The molecule has 1 aromatic rings. The Balaban J connectivity index is 1.88. The fourth-order valence-corrected chi connectivity index (χ4v) is 2.76. The summed E-state index contributed by atoms with van der Waals surface area (Å²) in [5.41, 5.74) is 0. The first-order chi connectivity index (χ1) is 7.75. The summed E-state index contributed by atoms with van der Waals surface area (Å²) in [5, 5.41) is 0. The maximum atomic E-state index is 12.9. The van der Waals surface area contributed by atoms with Crippen LogP contribution in [-0.4, -0.2) is 16.5 Å². The van der Waals surface area contributed by atoms with Crippen molar-refractivity contribution in [2.24, 2.45) is 0 Å². The summed E-state index contributed by atoms with van der Waals surface area (Å²) in [6, 6.07) is 9.08. The highest BCUT2D eigenvalue weighted by atomic mass is 32.2. The van der Waals surface area contributed by atoms with Crippen LogP contribution in [-0.2, 0) is 15.3 Å². The Morgan fingerprint density at radius 1 is 1.12 bits per heavy atom. The third-order valence-electron chi connectivity index (χ3n) is 2.76. The molecule has 1 aromatic carbocycles. The van der Waals surface area contributed by atoms with Crippen molar-refractivity contribution in [2.45, 2.75) is 42.9 Å². The Morgan fingerprint density at radius 3 is 2.38 bits per heavy atom. The molecule has 0 saturated heterocycles. The smallest absolute Gasteiger partial charge is 0.189 e. The van der Waals surface area contributed by atoms with E-state index >= 15 is 0 Å². The largest absolute Gasteiger partial charge is 0.283 e. The molecule has 0 bridgehead atoms. The highest BCUT2D eigenvalue weighted by Crippen LogP contribution is 2.25. The third-order valence-corrected chi connectivity index (χ3v) is 3.87. The zero-order chi connectivity index (χ0) is 11.4. The van der Waals surface area contributed by atoms with E-state index in [1.807, 2.05) is 18.2 Å². The molecule has 0 heterocycles. The molecule has 1 atom stereocenters. The second-order valence-corrected chi connectivity index (χ2v) is 5.15. The summed E-state index contributed by atoms with van der Waals surface area (Å²) in [6.07, 6.45) is 1.62. The van der Waals surface area contributed by atoms with E-state index in [-0.39, 0.29) is 6.10 Å². The Hall–Kier alpha value is -0.740. The average Bonchev–Trinajstić information content (AvgIpc) is 2.33. The van der Waals surface area contributed by atoms with Gasteiger partial charge in [0, 0.05) is 0 Å². The van der Waals surface area contributed by atoms with E-state index < -0.39 is 17.3 Å². The SMILES string of the molecule is O=S(OC1CCC(F)CC1)c1ccccc1. The zero-order valence-electron chi connectivity index (χ0n) is 8.97. The molecule has 16 heavy (non-hydrogen) atoms. The van der Waals surface area contributed by atoms with Crippen molar-refractivity contribution >= 4 is 11.1 Å². The number of alkyl halides is 1. The topological polar surface area (TPSA) is 26.3 Å². The summed E-state index contributed by atoms with van der Waals surface area (Å²) in [6.45, 7) is 0. The quantitative estimate of drug-likeness (QED) is 0.814. The average molecular weight is 242 g/mol. The molecular formula is C12H15FO2S. The van der Waals surface area contributed by atoms with Crippen LogP contribution in [0.2, 0.25) is 0 Å². The second kappa shape index (κ2) is 5.55. The third kappa shape index (κ3) is 3.12. The number of hydrogen-bond donors (Lipinski definition) is 0. The summed E-state index contributed by atoms with van der Waals surface area (Å²) in [7, 11) is 0. The van der Waals surface area contributed by atoms with Gasteiger partial charge in [-0.2, -0.15) is 0 Å². The zero-order valence-corrected chi connectivity index (χ0v) is 9.79. The summed E-state index contributed by atoms with van der Waals surface area (Å²) in [4.78, 5) is 0.671. The lowest BCUT2D eigenvalue weighted by atomic mass is 9.96. The maximum Gasteiger partial charge on any atom is 0.189 e. The summed E-state index contributed by atoms with van der Waals surface area (Å²) < 4.78 is 30.1. The van der Waals surface area contributed by atoms with E-state index in [1.165, 1.54) is 0 Å². The van der Waals surface area contributed by atoms with Crippen LogP contribution in [0.1, 0.15) is 25.7 Å². The van der Waals surface area contributed by atoms with Gasteiger partial charge in [-0.05, 0) is 37.8 Å². The minimum atomic E-state index is -1.41. The van der Waals surface area contributed by atoms with Crippen LogP contribution in [0, 0.1) is 0 Å². The molecule has 0 aromatic heterocycles. The molecule has 0 spiro atoms. The number of halogens is 1. The Bertz CT molecular complexity index is 347. The van der Waals surface area contributed by atoms with Gasteiger partial charge in [0.25, 0.3) is 0 Å². The highest BCUT2D eigenvalue weighted by molar-refractivity contribution is 7.80. The molecular weight excluding hydrogens is 227 g/mol. The van der Waals surface area contributed by atoms with Crippen LogP contribution < -0.4 is 0 Å². The number of benzene rings is 1. The van der Waals surface area contributed by atoms with Crippen molar-refractivity contribution in [3.05, 3.63) is 30.3 Å². The number of hydrogen-bond acceptors (Lipinski definition) is 2. The molecule has 0 amide bonds. The van der Waals surface area contributed by atoms with E-state index in [0.717, 1.165) is 0 Å². The van der Waals surface area contributed by atoms with Gasteiger partial charge in [-0.15, -0.1) is 0 Å². The van der Waals surface area contributed by atoms with Crippen LogP contribution >= 0.6 is 0 Å². The van der Waals surface area contributed by atoms with E-state index in [0.29, 0.717) is 30.6 Å². The van der Waals surface area contributed by atoms with Crippen molar-refractivity contribution < 1.29 is 12.8 Å². The Labute approximate surface area is 97.5 Å². The predicted octanol–water partition coefficient (Wildman–Crippen LogP) is 3.01. The lowest BCUT2D eigenvalue weighted by molar-refractivity contribution is 0.126. The van der Waals surface area contributed by atoms with Crippen LogP contribution in [0.4, 0.5) is 4.39 Å². The monoisotopic (exact) mass is 242 g/mol. The first-order valence-corrected chi connectivity index (χ1v) is 6.61. The molecule has 1 fully saturated rings. The molecule has 88 valence electrons. The van der Waals surface area contributed by atoms with Gasteiger partial charge < -0.3 is 0 Å². The van der Waals surface area contributed by atoms with E-state index in [9.17, 15) is 8.60 Å². The molecule has 1 aliphatic carbocycles. The van der Waals surface area contributed by atoms with Crippen LogP contribution in [0.5, 0.6) is 0 Å². The van der Waals surface area contributed by atoms with Gasteiger partial charge >= 0.3 is 0 Å². The molecule has 0 aliphatic heterocycles. The summed E-state index contributed by atoms with van der Waals surface area (Å²) in [5.74, 6) is 0.